The molecule has 0 saturated heterocycles. The summed E-state index contributed by atoms with van der Waals surface area (Å²) in [6.07, 6.45) is -0.803. The second-order valence-corrected chi connectivity index (χ2v) is 13.0. The van der Waals surface area contributed by atoms with Crippen LogP contribution in [0.15, 0.2) is 90.4 Å². The molecule has 0 atom stereocenters. The molecule has 54 heavy (non-hydrogen) atoms. The van der Waals surface area contributed by atoms with Crippen LogP contribution in [-0.2, 0) is 25.8 Å². The van der Waals surface area contributed by atoms with Crippen molar-refractivity contribution >= 4 is 29.1 Å². The third kappa shape index (κ3) is 7.29. The lowest BCUT2D eigenvalue weighted by atomic mass is 9.99. The maximum atomic E-state index is 15.0. The molecule has 3 aromatic carbocycles. The molecule has 2 aliphatic heterocycles. The highest BCUT2D eigenvalue weighted by Crippen LogP contribution is 2.42. The maximum absolute atomic E-state index is 15.0. The molecule has 10 nitrogen and oxygen atoms in total. The number of nitrogens with two attached hydrogens (primary N) is 1. The molecule has 278 valence electrons. The molecular formula is C39H34ClF4N7O3. The minimum atomic E-state index is -4.79. The predicted octanol–water partition coefficient (Wildman–Crippen LogP) is 6.68. The minimum absolute atomic E-state index is 0.0121. The second-order valence-electron chi connectivity index (χ2n) is 12.6. The number of nitrogens with one attached hydrogen (secondary N) is 1. The van der Waals surface area contributed by atoms with Crippen molar-refractivity contribution in [1.29, 1.82) is 0 Å². The maximum Gasteiger partial charge on any atom is 0.418 e. The minimum Gasteiger partial charge on any atom is -0.497 e. The van der Waals surface area contributed by atoms with Crippen molar-refractivity contribution in [2.24, 2.45) is 4.99 Å². The van der Waals surface area contributed by atoms with Gasteiger partial charge in [-0.3, -0.25) is 4.99 Å². The first-order valence-electron chi connectivity index (χ1n) is 16.7. The van der Waals surface area contributed by atoms with Crippen molar-refractivity contribution in [1.82, 2.24) is 20.2 Å². The number of aryl methyl sites for hydroxylation is 1. The molecule has 0 unspecified atom stereocenters. The molecule has 3 N–H and O–H groups in total. The lowest BCUT2D eigenvalue weighted by molar-refractivity contribution is -0.137. The van der Waals surface area contributed by atoms with Crippen molar-refractivity contribution in [3.63, 3.8) is 0 Å². The van der Waals surface area contributed by atoms with Gasteiger partial charge in [-0.2, -0.15) is 13.2 Å². The van der Waals surface area contributed by atoms with Gasteiger partial charge in [0.05, 0.1) is 53.8 Å². The van der Waals surface area contributed by atoms with Crippen LogP contribution in [0.1, 0.15) is 27.8 Å². The topological polar surface area (TPSA) is 110 Å². The van der Waals surface area contributed by atoms with E-state index < -0.39 is 17.6 Å². The van der Waals surface area contributed by atoms with Crippen LogP contribution in [0, 0.1) is 12.7 Å². The highest BCUT2D eigenvalue weighted by atomic mass is 35.5. The summed E-state index contributed by atoms with van der Waals surface area (Å²) in [6.45, 7) is 2.16. The van der Waals surface area contributed by atoms with Gasteiger partial charge in [-0.25, -0.2) is 14.4 Å². The van der Waals surface area contributed by atoms with Crippen molar-refractivity contribution in [3.8, 4) is 28.5 Å². The van der Waals surface area contributed by atoms with Crippen molar-refractivity contribution in [2.75, 3.05) is 31.5 Å². The SMILES string of the molecule is COc1ccc(CN(Cc2ccc(OC)cc2)c2cc(C)c(C(F)(F)F)c(-c3cc4c5c(c3Cl)=NCNC=5N(Cc3cc(F)cnc3N)C=CO4)n2)cc1. The Labute approximate surface area is 312 Å². The smallest absolute Gasteiger partial charge is 0.418 e. The van der Waals surface area contributed by atoms with Crippen LogP contribution >= 0.6 is 11.6 Å². The van der Waals surface area contributed by atoms with E-state index in [1.165, 1.54) is 31.4 Å². The van der Waals surface area contributed by atoms with E-state index in [2.05, 4.69) is 15.3 Å². The summed E-state index contributed by atoms with van der Waals surface area (Å²) in [6, 6.07) is 19.0. The number of anilines is 2. The summed E-state index contributed by atoms with van der Waals surface area (Å²) in [5, 5.41) is 3.76. The third-order valence-electron chi connectivity index (χ3n) is 9.09. The molecule has 0 radical (unpaired) electrons. The largest absolute Gasteiger partial charge is 0.497 e. The van der Waals surface area contributed by atoms with E-state index in [1.54, 1.807) is 25.3 Å². The number of nitrogens with zero attached hydrogens (tertiary/aromatic N) is 5. The number of ether oxygens (including phenoxy) is 3. The first-order chi connectivity index (χ1) is 25.9. The van der Waals surface area contributed by atoms with Gasteiger partial charge in [0.2, 0.25) is 0 Å². The summed E-state index contributed by atoms with van der Waals surface area (Å²) in [5.41, 5.74) is 6.84. The summed E-state index contributed by atoms with van der Waals surface area (Å²) < 4.78 is 75.8. The van der Waals surface area contributed by atoms with E-state index in [1.807, 2.05) is 53.4 Å². The van der Waals surface area contributed by atoms with Crippen LogP contribution in [-0.4, -0.2) is 35.8 Å². The zero-order valence-corrected chi connectivity index (χ0v) is 30.1. The molecule has 15 heteroatoms. The van der Waals surface area contributed by atoms with Crippen molar-refractivity contribution in [3.05, 3.63) is 135 Å². The summed E-state index contributed by atoms with van der Waals surface area (Å²) in [5.74, 6) is 1.89. The number of nitrogen functional groups attached to an aromatic ring is 1. The molecule has 0 saturated carbocycles. The highest BCUT2D eigenvalue weighted by Gasteiger charge is 2.38. The molecule has 2 aliphatic rings. The number of hydrogen-bond acceptors (Lipinski definition) is 10. The zero-order valence-electron chi connectivity index (χ0n) is 29.3. The highest BCUT2D eigenvalue weighted by molar-refractivity contribution is 6.33. The number of hydrogen-bond donors (Lipinski definition) is 2. The quantitative estimate of drug-likeness (QED) is 0.151. The van der Waals surface area contributed by atoms with Gasteiger partial charge in [0.15, 0.2) is 0 Å². The van der Waals surface area contributed by atoms with Gasteiger partial charge in [0, 0.05) is 30.4 Å². The van der Waals surface area contributed by atoms with Gasteiger partial charge in [0.1, 0.15) is 53.5 Å². The molecule has 2 aromatic heterocycles. The van der Waals surface area contributed by atoms with Gasteiger partial charge in [-0.1, -0.05) is 35.9 Å². The predicted molar refractivity (Wildman–Crippen MR) is 196 cm³/mol. The molecule has 5 aromatic rings. The van der Waals surface area contributed by atoms with Gasteiger partial charge in [0.25, 0.3) is 0 Å². The number of halogens is 5. The monoisotopic (exact) mass is 759 g/mol. The second kappa shape index (κ2) is 14.8. The Bertz CT molecular complexity index is 2320. The molecular weight excluding hydrogens is 726 g/mol. The average Bonchev–Trinajstić information content (AvgIpc) is 3.33. The Morgan fingerprint density at radius 1 is 0.981 bits per heavy atom. The van der Waals surface area contributed by atoms with Crippen molar-refractivity contribution in [2.45, 2.75) is 32.7 Å². The fourth-order valence-electron chi connectivity index (χ4n) is 6.47. The number of aromatic nitrogens is 2. The van der Waals surface area contributed by atoms with Crippen LogP contribution in [0.4, 0.5) is 29.2 Å². The lowest BCUT2D eigenvalue weighted by Gasteiger charge is -2.27. The normalized spacial score (nSPS) is 13.3. The fraction of sp³-hybridized carbons (Fsp3) is 0.205. The third-order valence-corrected chi connectivity index (χ3v) is 9.47. The molecule has 7 rings (SSSR count). The van der Waals surface area contributed by atoms with Gasteiger partial charge >= 0.3 is 6.18 Å². The fourth-order valence-corrected chi connectivity index (χ4v) is 6.76. The van der Waals surface area contributed by atoms with Crippen LogP contribution in [0.5, 0.6) is 17.2 Å². The van der Waals surface area contributed by atoms with Gasteiger partial charge < -0.3 is 35.1 Å². The Kier molecular flexibility index (Phi) is 9.95. The van der Waals surface area contributed by atoms with E-state index in [-0.39, 0.29) is 52.0 Å². The van der Waals surface area contributed by atoms with E-state index in [0.717, 1.165) is 17.3 Å². The van der Waals surface area contributed by atoms with E-state index in [4.69, 9.17) is 36.5 Å². The van der Waals surface area contributed by atoms with Gasteiger partial charge in [-0.15, -0.1) is 0 Å². The lowest BCUT2D eigenvalue weighted by Crippen LogP contribution is -2.44. The zero-order chi connectivity index (χ0) is 38.1. The van der Waals surface area contributed by atoms with Crippen LogP contribution < -0.4 is 40.7 Å². The Morgan fingerprint density at radius 3 is 2.24 bits per heavy atom. The number of pyridine rings is 2. The molecule has 0 fully saturated rings. The number of alkyl halides is 3. The standard InChI is InChI=1S/C39H34ClF4N7O3/c1-22-14-31(51(18-23-4-8-27(52-2)9-5-23)19-24-6-10-28(53-3)11-7-24)49-35(33(22)39(42,43)44)29-16-30-32-36(34(29)40)47-21-48-38(32)50(12-13-54-30)20-25-15-26(41)17-46-37(25)45/h4-17,48H,18-21H2,1-3H3,(H2,45,46). The number of benzene rings is 3. The first-order valence-corrected chi connectivity index (χ1v) is 17.1. The van der Waals surface area contributed by atoms with Crippen LogP contribution in [0.2, 0.25) is 5.02 Å². The summed E-state index contributed by atoms with van der Waals surface area (Å²) in [4.78, 5) is 16.8. The van der Waals surface area contributed by atoms with E-state index >= 15 is 13.2 Å². The number of rotatable bonds is 10. The van der Waals surface area contributed by atoms with Crippen LogP contribution in [0.25, 0.3) is 17.1 Å². The van der Waals surface area contributed by atoms with E-state index in [9.17, 15) is 4.39 Å². The average molecular weight is 760 g/mol. The molecule has 4 heterocycles. The Hall–Kier alpha value is -6.02. The summed E-state index contributed by atoms with van der Waals surface area (Å²) >= 11 is 7.06. The molecule has 0 bridgehead atoms. The molecule has 0 aliphatic carbocycles. The van der Waals surface area contributed by atoms with E-state index in [0.29, 0.717) is 47.0 Å². The van der Waals surface area contributed by atoms with Crippen molar-refractivity contribution < 1.29 is 31.8 Å². The van der Waals surface area contributed by atoms with Gasteiger partial charge in [-0.05, 0) is 66.1 Å². The summed E-state index contributed by atoms with van der Waals surface area (Å²) in [7, 11) is 3.15. The number of methoxy groups -OCH3 is 2. The Balaban J connectivity index is 1.38. The first kappa shape index (κ1) is 36.3. The van der Waals surface area contributed by atoms with Crippen LogP contribution in [0.3, 0.4) is 0 Å². The molecule has 0 amide bonds. The Morgan fingerprint density at radius 2 is 1.63 bits per heavy atom. The molecule has 0 spiro atoms.